The Morgan fingerprint density at radius 1 is 1.44 bits per heavy atom. The highest BCUT2D eigenvalue weighted by Gasteiger charge is 2.24. The zero-order valence-corrected chi connectivity index (χ0v) is 8.64. The molecule has 2 heterocycles. The summed E-state index contributed by atoms with van der Waals surface area (Å²) in [6.45, 7) is 0.746. The van der Waals surface area contributed by atoms with Crippen LogP contribution >= 0.6 is 0 Å². The van der Waals surface area contributed by atoms with Crippen molar-refractivity contribution in [2.24, 2.45) is 5.73 Å². The lowest BCUT2D eigenvalue weighted by Crippen LogP contribution is -2.49. The number of nitrogens with zero attached hydrogens (tertiary/aromatic N) is 2. The van der Waals surface area contributed by atoms with Crippen LogP contribution in [0.5, 0.6) is 0 Å². The SMILES string of the molecule is NCc1cncc(N2CCC(=O)NC2=O)c1. The Labute approximate surface area is 92.4 Å². The second-order valence-corrected chi connectivity index (χ2v) is 3.51. The summed E-state index contributed by atoms with van der Waals surface area (Å²) in [7, 11) is 0. The van der Waals surface area contributed by atoms with Gasteiger partial charge in [-0.25, -0.2) is 4.79 Å². The maximum Gasteiger partial charge on any atom is 0.328 e. The van der Waals surface area contributed by atoms with E-state index in [0.29, 0.717) is 25.2 Å². The number of anilines is 1. The summed E-state index contributed by atoms with van der Waals surface area (Å²) < 4.78 is 0. The number of hydrogen-bond acceptors (Lipinski definition) is 4. The van der Waals surface area contributed by atoms with Crippen molar-refractivity contribution < 1.29 is 9.59 Å². The normalized spacial score (nSPS) is 16.2. The fourth-order valence-corrected chi connectivity index (χ4v) is 1.54. The molecule has 3 amide bonds. The smallest absolute Gasteiger partial charge is 0.326 e. The van der Waals surface area contributed by atoms with E-state index in [4.69, 9.17) is 5.73 Å². The van der Waals surface area contributed by atoms with E-state index in [2.05, 4.69) is 10.3 Å². The minimum absolute atomic E-state index is 0.246. The first kappa shape index (κ1) is 10.6. The monoisotopic (exact) mass is 220 g/mol. The molecule has 0 aromatic carbocycles. The number of rotatable bonds is 2. The molecule has 0 atom stereocenters. The van der Waals surface area contributed by atoms with E-state index in [1.54, 1.807) is 18.5 Å². The molecule has 16 heavy (non-hydrogen) atoms. The van der Waals surface area contributed by atoms with Crippen molar-refractivity contribution in [3.05, 3.63) is 24.0 Å². The first-order valence-electron chi connectivity index (χ1n) is 4.96. The van der Waals surface area contributed by atoms with Crippen LogP contribution in [0.25, 0.3) is 0 Å². The molecule has 6 nitrogen and oxygen atoms in total. The number of urea groups is 1. The first-order chi connectivity index (χ1) is 7.70. The van der Waals surface area contributed by atoms with Crippen LogP contribution in [0.2, 0.25) is 0 Å². The standard InChI is InChI=1S/C10H12N4O2/c11-4-7-3-8(6-12-5-7)14-2-1-9(15)13-10(14)16/h3,5-6H,1-2,4,11H2,(H,13,15,16). The van der Waals surface area contributed by atoms with Crippen molar-refractivity contribution in [1.82, 2.24) is 10.3 Å². The molecule has 3 N–H and O–H groups in total. The minimum Gasteiger partial charge on any atom is -0.326 e. The summed E-state index contributed by atoms with van der Waals surface area (Å²) in [6.07, 6.45) is 3.53. The highest BCUT2D eigenvalue weighted by atomic mass is 16.2. The molecule has 6 heteroatoms. The van der Waals surface area contributed by atoms with Crippen molar-refractivity contribution in [1.29, 1.82) is 0 Å². The topological polar surface area (TPSA) is 88.3 Å². The van der Waals surface area contributed by atoms with Gasteiger partial charge >= 0.3 is 6.03 Å². The van der Waals surface area contributed by atoms with Crippen molar-refractivity contribution in [3.8, 4) is 0 Å². The van der Waals surface area contributed by atoms with Crippen LogP contribution in [-0.2, 0) is 11.3 Å². The largest absolute Gasteiger partial charge is 0.328 e. The number of hydrogen-bond donors (Lipinski definition) is 2. The molecular weight excluding hydrogens is 208 g/mol. The molecule has 1 fully saturated rings. The van der Waals surface area contributed by atoms with Crippen LogP contribution in [0.4, 0.5) is 10.5 Å². The van der Waals surface area contributed by atoms with E-state index in [1.807, 2.05) is 0 Å². The van der Waals surface area contributed by atoms with Crippen molar-refractivity contribution in [3.63, 3.8) is 0 Å². The Morgan fingerprint density at radius 3 is 2.94 bits per heavy atom. The molecule has 0 spiro atoms. The van der Waals surface area contributed by atoms with Crippen LogP contribution in [0.15, 0.2) is 18.5 Å². The molecule has 84 valence electrons. The van der Waals surface area contributed by atoms with Crippen LogP contribution in [0.1, 0.15) is 12.0 Å². The highest BCUT2D eigenvalue weighted by molar-refractivity contribution is 6.05. The Kier molecular flexibility index (Phi) is 2.82. The Balaban J connectivity index is 2.23. The summed E-state index contributed by atoms with van der Waals surface area (Å²) in [6, 6.07) is 1.38. The van der Waals surface area contributed by atoms with E-state index >= 15 is 0 Å². The Morgan fingerprint density at radius 2 is 2.25 bits per heavy atom. The maximum atomic E-state index is 11.5. The molecule has 0 unspecified atom stereocenters. The molecule has 1 aliphatic heterocycles. The van der Waals surface area contributed by atoms with Crippen molar-refractivity contribution in [2.45, 2.75) is 13.0 Å². The molecule has 2 rings (SSSR count). The van der Waals surface area contributed by atoms with Crippen LogP contribution in [-0.4, -0.2) is 23.5 Å². The van der Waals surface area contributed by atoms with Gasteiger partial charge < -0.3 is 5.73 Å². The second kappa shape index (κ2) is 4.28. The van der Waals surface area contributed by atoms with Crippen LogP contribution < -0.4 is 16.0 Å². The number of nitrogens with two attached hydrogens (primary N) is 1. The third-order valence-electron chi connectivity index (χ3n) is 2.38. The molecule has 1 aliphatic rings. The number of nitrogens with one attached hydrogen (secondary N) is 1. The van der Waals surface area contributed by atoms with E-state index in [9.17, 15) is 9.59 Å². The van der Waals surface area contributed by atoms with Gasteiger partial charge in [-0.3, -0.25) is 20.0 Å². The summed E-state index contributed by atoms with van der Waals surface area (Å²) in [5, 5.41) is 2.25. The van der Waals surface area contributed by atoms with Gasteiger partial charge in [-0.05, 0) is 11.6 Å². The van der Waals surface area contributed by atoms with Gasteiger partial charge in [-0.15, -0.1) is 0 Å². The van der Waals surface area contributed by atoms with Gasteiger partial charge in [0.15, 0.2) is 0 Å². The lowest BCUT2D eigenvalue weighted by atomic mass is 10.2. The van der Waals surface area contributed by atoms with E-state index in [1.165, 1.54) is 4.90 Å². The maximum absolute atomic E-state index is 11.5. The molecule has 0 saturated carbocycles. The molecule has 1 aromatic rings. The van der Waals surface area contributed by atoms with E-state index in [0.717, 1.165) is 5.56 Å². The van der Waals surface area contributed by atoms with Gasteiger partial charge in [0.25, 0.3) is 0 Å². The predicted octanol–water partition coefficient (Wildman–Crippen LogP) is -0.0134. The van der Waals surface area contributed by atoms with Gasteiger partial charge in [0.2, 0.25) is 5.91 Å². The summed E-state index contributed by atoms with van der Waals surface area (Å²) in [4.78, 5) is 28.0. The van der Waals surface area contributed by atoms with E-state index < -0.39 is 6.03 Å². The molecule has 1 aromatic heterocycles. The summed E-state index contributed by atoms with van der Waals surface area (Å²) in [5.74, 6) is -0.246. The van der Waals surface area contributed by atoms with Gasteiger partial charge in [0, 0.05) is 25.7 Å². The van der Waals surface area contributed by atoms with Crippen LogP contribution in [0.3, 0.4) is 0 Å². The number of carbonyl (C=O) groups is 2. The third kappa shape index (κ3) is 2.01. The quantitative estimate of drug-likeness (QED) is 0.733. The van der Waals surface area contributed by atoms with Crippen molar-refractivity contribution in [2.75, 3.05) is 11.4 Å². The predicted molar refractivity (Wildman–Crippen MR) is 57.6 cm³/mol. The fraction of sp³-hybridized carbons (Fsp3) is 0.300. The Bertz CT molecular complexity index is 433. The number of pyridine rings is 1. The average Bonchev–Trinajstić information content (AvgIpc) is 2.29. The zero-order chi connectivity index (χ0) is 11.5. The molecular formula is C10H12N4O2. The molecule has 1 saturated heterocycles. The lowest BCUT2D eigenvalue weighted by molar-refractivity contribution is -0.120. The number of carbonyl (C=O) groups excluding carboxylic acids is 2. The summed E-state index contributed by atoms with van der Waals surface area (Å²) in [5.41, 5.74) is 7.00. The molecule has 0 aliphatic carbocycles. The number of aromatic nitrogens is 1. The summed E-state index contributed by atoms with van der Waals surface area (Å²) >= 11 is 0. The van der Waals surface area contributed by atoms with Gasteiger partial charge in [-0.1, -0.05) is 0 Å². The molecule has 0 bridgehead atoms. The van der Waals surface area contributed by atoms with E-state index in [-0.39, 0.29) is 5.91 Å². The minimum atomic E-state index is -0.410. The fourth-order valence-electron chi connectivity index (χ4n) is 1.54. The average molecular weight is 220 g/mol. The number of amides is 3. The molecule has 0 radical (unpaired) electrons. The Hall–Kier alpha value is -1.95. The van der Waals surface area contributed by atoms with Gasteiger partial charge in [-0.2, -0.15) is 0 Å². The third-order valence-corrected chi connectivity index (χ3v) is 2.38. The zero-order valence-electron chi connectivity index (χ0n) is 8.64. The highest BCUT2D eigenvalue weighted by Crippen LogP contribution is 2.16. The van der Waals surface area contributed by atoms with Crippen molar-refractivity contribution >= 4 is 17.6 Å². The lowest BCUT2D eigenvalue weighted by Gasteiger charge is -2.26. The first-order valence-corrected chi connectivity index (χ1v) is 4.96. The second-order valence-electron chi connectivity index (χ2n) is 3.51. The number of imide groups is 1. The van der Waals surface area contributed by atoms with Gasteiger partial charge in [0.1, 0.15) is 0 Å². The van der Waals surface area contributed by atoms with Gasteiger partial charge in [0.05, 0.1) is 11.9 Å². The van der Waals surface area contributed by atoms with Crippen LogP contribution in [0, 0.1) is 0 Å².